The lowest BCUT2D eigenvalue weighted by atomic mass is 9.47. The van der Waals surface area contributed by atoms with Gasteiger partial charge in [0.1, 0.15) is 6.61 Å². The van der Waals surface area contributed by atoms with Crippen molar-refractivity contribution in [2.45, 2.75) is 71.2 Å². The summed E-state index contributed by atoms with van der Waals surface area (Å²) in [5.74, 6) is -1.91. The lowest BCUT2D eigenvalue weighted by molar-refractivity contribution is -0.763. The zero-order valence-corrected chi connectivity index (χ0v) is 25.0. The maximum atomic E-state index is 14.1. The first kappa shape index (κ1) is 31.4. The van der Waals surface area contributed by atoms with Gasteiger partial charge in [0.2, 0.25) is 5.78 Å². The first-order chi connectivity index (χ1) is 20.9. The number of aliphatic hydroxyl groups is 1. The summed E-state index contributed by atoms with van der Waals surface area (Å²) in [5.41, 5.74) is -2.09. The van der Waals surface area contributed by atoms with Crippen LogP contribution in [0.25, 0.3) is 0 Å². The van der Waals surface area contributed by atoms with Crippen molar-refractivity contribution in [1.82, 2.24) is 0 Å². The third-order valence-electron chi connectivity index (χ3n) is 10.4. The highest BCUT2D eigenvalue weighted by Crippen LogP contribution is 2.67. The number of allylic oxidation sites excluding steroid dienone is 4. The number of carbonyl (C=O) groups excluding carboxylic acids is 4. The molecule has 0 aliphatic heterocycles. The van der Waals surface area contributed by atoms with Crippen LogP contribution >= 0.6 is 0 Å². The standard InChI is InChI=1S/C32H37NO11/c1-4-41-29(38)44-32(26(36)18-42-28(37)22-8-6-5-7-19(22)17-43-33(39)40)14-12-24-23-10-9-20-15-21(34)11-13-30(20,2)27(23)25(35)16-31(24,32)3/h5-9,11,13,23-25,27,35H,4,10,12,14-18H2,1-3H3/t23-,24-,25-,27+,30-,31-,32-/m0/s1. The van der Waals surface area contributed by atoms with Crippen molar-refractivity contribution in [3.8, 4) is 0 Å². The first-order valence-electron chi connectivity index (χ1n) is 14.9. The fourth-order valence-electron chi connectivity index (χ4n) is 8.49. The molecule has 12 nitrogen and oxygen atoms in total. The summed E-state index contributed by atoms with van der Waals surface area (Å²) in [6.07, 6.45) is 5.38. The van der Waals surface area contributed by atoms with Gasteiger partial charge >= 0.3 is 12.1 Å². The van der Waals surface area contributed by atoms with Gasteiger partial charge in [-0.2, -0.15) is 0 Å². The second-order valence-electron chi connectivity index (χ2n) is 12.5. The monoisotopic (exact) mass is 611 g/mol. The molecule has 0 aromatic heterocycles. The van der Waals surface area contributed by atoms with E-state index in [0.29, 0.717) is 19.3 Å². The summed E-state index contributed by atoms with van der Waals surface area (Å²) in [7, 11) is 0. The van der Waals surface area contributed by atoms with Gasteiger partial charge in [-0.3, -0.25) is 9.59 Å². The zero-order valence-electron chi connectivity index (χ0n) is 25.0. The molecule has 44 heavy (non-hydrogen) atoms. The Labute approximate surface area is 254 Å². The number of Topliss-reactive ketones (excluding diaryl/α,β-unsaturated/α-hetero) is 1. The molecule has 0 unspecified atom stereocenters. The van der Waals surface area contributed by atoms with Crippen molar-refractivity contribution in [2.75, 3.05) is 13.2 Å². The molecular weight excluding hydrogens is 574 g/mol. The molecule has 0 saturated heterocycles. The normalized spacial score (nSPS) is 33.6. The average Bonchev–Trinajstić information content (AvgIpc) is 3.26. The molecule has 1 N–H and O–H groups in total. The number of ketones is 2. The summed E-state index contributed by atoms with van der Waals surface area (Å²) < 4.78 is 16.4. The van der Waals surface area contributed by atoms with E-state index < -0.39 is 58.7 Å². The van der Waals surface area contributed by atoms with E-state index in [0.717, 1.165) is 5.57 Å². The fourth-order valence-corrected chi connectivity index (χ4v) is 8.49. The highest BCUT2D eigenvalue weighted by atomic mass is 16.9. The minimum absolute atomic E-state index is 0.00832. The van der Waals surface area contributed by atoms with Crippen molar-refractivity contribution in [2.24, 2.45) is 28.6 Å². The Morgan fingerprint density at radius 1 is 1.16 bits per heavy atom. The summed E-state index contributed by atoms with van der Waals surface area (Å²) in [6, 6.07) is 6.00. The van der Waals surface area contributed by atoms with Gasteiger partial charge in [-0.05, 0) is 62.1 Å². The Balaban J connectivity index is 1.43. The summed E-state index contributed by atoms with van der Waals surface area (Å²) in [4.78, 5) is 67.2. The molecule has 0 spiro atoms. The number of hydrogen-bond acceptors (Lipinski definition) is 11. The number of carbonyl (C=O) groups is 4. The van der Waals surface area contributed by atoms with Crippen LogP contribution in [0.2, 0.25) is 0 Å². The Bertz CT molecular complexity index is 1430. The minimum atomic E-state index is -1.74. The van der Waals surface area contributed by atoms with Gasteiger partial charge in [-0.25, -0.2) is 9.59 Å². The number of aliphatic hydroxyl groups excluding tert-OH is 1. The maximum absolute atomic E-state index is 14.1. The average molecular weight is 612 g/mol. The van der Waals surface area contributed by atoms with E-state index in [4.69, 9.17) is 14.2 Å². The molecular formula is C32H37NO11. The molecule has 4 aliphatic carbocycles. The molecule has 4 aliphatic rings. The summed E-state index contributed by atoms with van der Waals surface area (Å²) >= 11 is 0. The van der Waals surface area contributed by atoms with Gasteiger partial charge in [-0.1, -0.05) is 49.8 Å². The summed E-state index contributed by atoms with van der Waals surface area (Å²) in [5, 5.41) is 21.5. The second-order valence-corrected chi connectivity index (χ2v) is 12.5. The van der Waals surface area contributed by atoms with Crippen molar-refractivity contribution in [3.05, 3.63) is 69.3 Å². The highest BCUT2D eigenvalue weighted by Gasteiger charge is 2.70. The van der Waals surface area contributed by atoms with Crippen LogP contribution in [0.15, 0.2) is 48.1 Å². The largest absolute Gasteiger partial charge is 0.509 e. The number of fused-ring (bicyclic) bond motifs is 5. The number of rotatable bonds is 9. The molecule has 1 aromatic carbocycles. The molecule has 5 rings (SSSR count). The molecule has 0 amide bonds. The van der Waals surface area contributed by atoms with E-state index in [9.17, 15) is 34.4 Å². The number of esters is 1. The van der Waals surface area contributed by atoms with E-state index in [1.54, 1.807) is 25.1 Å². The van der Waals surface area contributed by atoms with Crippen molar-refractivity contribution < 1.29 is 48.4 Å². The van der Waals surface area contributed by atoms with Crippen LogP contribution in [0, 0.1) is 38.7 Å². The number of nitrogens with zero attached hydrogens (tertiary/aromatic N) is 1. The third kappa shape index (κ3) is 5.18. The molecule has 236 valence electrons. The van der Waals surface area contributed by atoms with E-state index in [-0.39, 0.29) is 54.1 Å². The van der Waals surface area contributed by atoms with Crippen molar-refractivity contribution in [1.29, 1.82) is 0 Å². The molecule has 1 aromatic rings. The maximum Gasteiger partial charge on any atom is 0.509 e. The molecule has 0 radical (unpaired) electrons. The van der Waals surface area contributed by atoms with Crippen LogP contribution in [0.1, 0.15) is 68.8 Å². The van der Waals surface area contributed by atoms with Gasteiger partial charge in [0, 0.05) is 23.2 Å². The zero-order chi connectivity index (χ0) is 31.9. The third-order valence-corrected chi connectivity index (χ3v) is 10.4. The van der Waals surface area contributed by atoms with Gasteiger partial charge in [0.05, 0.1) is 18.3 Å². The Morgan fingerprint density at radius 3 is 2.64 bits per heavy atom. The van der Waals surface area contributed by atoms with Gasteiger partial charge in [0.15, 0.2) is 18.0 Å². The van der Waals surface area contributed by atoms with Crippen molar-refractivity contribution >= 4 is 23.7 Å². The molecule has 0 bridgehead atoms. The predicted octanol–water partition coefficient (Wildman–Crippen LogP) is 4.31. The van der Waals surface area contributed by atoms with Crippen LogP contribution in [-0.2, 0) is 35.2 Å². The number of hydrogen-bond donors (Lipinski definition) is 1. The number of benzene rings is 1. The predicted molar refractivity (Wildman–Crippen MR) is 152 cm³/mol. The van der Waals surface area contributed by atoms with Gasteiger partial charge < -0.3 is 24.2 Å². The van der Waals surface area contributed by atoms with Crippen LogP contribution in [0.4, 0.5) is 4.79 Å². The molecule has 12 heteroatoms. The van der Waals surface area contributed by atoms with Gasteiger partial charge in [0.25, 0.3) is 5.09 Å². The molecule has 2 fully saturated rings. The van der Waals surface area contributed by atoms with Crippen LogP contribution in [-0.4, -0.2) is 58.8 Å². The minimum Gasteiger partial charge on any atom is -0.454 e. The first-order valence-corrected chi connectivity index (χ1v) is 14.9. The van der Waals surface area contributed by atoms with Crippen LogP contribution in [0.3, 0.4) is 0 Å². The lowest BCUT2D eigenvalue weighted by Gasteiger charge is -2.59. The quantitative estimate of drug-likeness (QED) is 0.183. The fraction of sp³-hybridized carbons (Fsp3) is 0.562. The smallest absolute Gasteiger partial charge is 0.454 e. The Morgan fingerprint density at radius 2 is 1.91 bits per heavy atom. The Hall–Kier alpha value is -4.06. The number of ether oxygens (including phenoxy) is 3. The van der Waals surface area contributed by atoms with Gasteiger partial charge in [-0.15, -0.1) is 10.1 Å². The molecule has 0 heterocycles. The van der Waals surface area contributed by atoms with E-state index >= 15 is 0 Å². The highest BCUT2D eigenvalue weighted by molar-refractivity contribution is 5.96. The van der Waals surface area contributed by atoms with Crippen LogP contribution in [0.5, 0.6) is 0 Å². The van der Waals surface area contributed by atoms with Crippen molar-refractivity contribution in [3.63, 3.8) is 0 Å². The lowest BCUT2D eigenvalue weighted by Crippen LogP contribution is -2.63. The summed E-state index contributed by atoms with van der Waals surface area (Å²) in [6.45, 7) is 4.30. The molecule has 7 atom stereocenters. The molecule has 2 saturated carbocycles. The van der Waals surface area contributed by atoms with E-state index in [2.05, 4.69) is 10.9 Å². The second kappa shape index (κ2) is 11.8. The van der Waals surface area contributed by atoms with Crippen LogP contribution < -0.4 is 0 Å². The van der Waals surface area contributed by atoms with E-state index in [1.165, 1.54) is 12.1 Å². The van der Waals surface area contributed by atoms with E-state index in [1.807, 2.05) is 19.9 Å². The Kier molecular flexibility index (Phi) is 8.41. The topological polar surface area (TPSA) is 169 Å². The SMILES string of the molecule is CCOC(=O)O[C@]1(C(=O)COC(=O)c2ccccc2CO[N+](=O)[O-])CC[C@H]2[C@@H]3CC=C4CC(=O)C=C[C@]4(C)[C@H]3[C@@H](O)C[C@@]21C.